The first-order valence-corrected chi connectivity index (χ1v) is 11.2. The van der Waals surface area contributed by atoms with Gasteiger partial charge in [-0.25, -0.2) is 4.98 Å². The van der Waals surface area contributed by atoms with Crippen LogP contribution in [0.25, 0.3) is 10.8 Å². The molecule has 0 bridgehead atoms. The molecule has 0 radical (unpaired) electrons. The van der Waals surface area contributed by atoms with E-state index in [0.717, 1.165) is 47.2 Å². The molecule has 1 aliphatic heterocycles. The number of carbonyl (C=O) groups is 1. The lowest BCUT2D eigenvalue weighted by atomic mass is 10.2. The summed E-state index contributed by atoms with van der Waals surface area (Å²) in [5, 5.41) is 5.60. The number of nitrogens with zero attached hydrogens (tertiary/aromatic N) is 1. The molecular weight excluding hydrogens is 416 g/mol. The number of hydrogen-bond acceptors (Lipinski definition) is 7. The number of aryl methyl sites for hydroxylation is 1. The van der Waals surface area contributed by atoms with Gasteiger partial charge in [-0.05, 0) is 49.6 Å². The number of methoxy groups -OCH3 is 1. The second kappa shape index (κ2) is 9.98. The summed E-state index contributed by atoms with van der Waals surface area (Å²) in [6.45, 7) is 3.60. The Bertz CT molecular complexity index is 1020. The standard InChI is InChI=1S/C23H26N2O5S/c1-15-5-7-20(30-15)23-25-17(14-31-23)11-22(26)24-12-16-6-8-19(21(10-16)27-2)29-13-18-4-3-9-28-18/h5-8,10,14,18H,3-4,9,11-13H2,1-2H3,(H,24,26). The maximum Gasteiger partial charge on any atom is 0.226 e. The van der Waals surface area contributed by atoms with Crippen molar-refractivity contribution in [1.82, 2.24) is 10.3 Å². The molecule has 31 heavy (non-hydrogen) atoms. The number of aromatic nitrogens is 1. The maximum absolute atomic E-state index is 12.4. The first-order valence-electron chi connectivity index (χ1n) is 10.3. The lowest BCUT2D eigenvalue weighted by molar-refractivity contribution is -0.120. The van der Waals surface area contributed by atoms with Crippen LogP contribution in [0.4, 0.5) is 0 Å². The first kappa shape index (κ1) is 21.4. The second-order valence-corrected chi connectivity index (χ2v) is 8.30. The minimum atomic E-state index is -0.0925. The maximum atomic E-state index is 12.4. The average molecular weight is 443 g/mol. The Labute approximate surface area is 185 Å². The number of furan rings is 1. The Kier molecular flexibility index (Phi) is 6.89. The fraction of sp³-hybridized carbons (Fsp3) is 0.391. The Morgan fingerprint density at radius 1 is 1.29 bits per heavy atom. The number of nitrogens with one attached hydrogen (secondary N) is 1. The largest absolute Gasteiger partial charge is 0.493 e. The molecule has 1 atom stereocenters. The third kappa shape index (κ3) is 5.65. The molecule has 3 heterocycles. The van der Waals surface area contributed by atoms with Crippen LogP contribution in [0.2, 0.25) is 0 Å². The number of carbonyl (C=O) groups excluding carboxylic acids is 1. The number of rotatable bonds is 9. The topological polar surface area (TPSA) is 82.8 Å². The third-order valence-corrected chi connectivity index (χ3v) is 5.92. The van der Waals surface area contributed by atoms with Gasteiger partial charge in [0.05, 0.1) is 25.3 Å². The molecule has 0 spiro atoms. The summed E-state index contributed by atoms with van der Waals surface area (Å²) >= 11 is 1.47. The summed E-state index contributed by atoms with van der Waals surface area (Å²) in [6, 6.07) is 9.46. The molecule has 0 saturated carbocycles. The van der Waals surface area contributed by atoms with Crippen molar-refractivity contribution in [2.24, 2.45) is 0 Å². The predicted octanol–water partition coefficient (Wildman–Crippen LogP) is 4.14. The average Bonchev–Trinajstić information content (AvgIpc) is 3.53. The van der Waals surface area contributed by atoms with E-state index in [9.17, 15) is 4.79 Å². The third-order valence-electron chi connectivity index (χ3n) is 5.01. The molecule has 7 nitrogen and oxygen atoms in total. The van der Waals surface area contributed by atoms with Crippen LogP contribution in [0.1, 0.15) is 29.9 Å². The second-order valence-electron chi connectivity index (χ2n) is 7.44. The highest BCUT2D eigenvalue weighted by Crippen LogP contribution is 2.29. The SMILES string of the molecule is COc1cc(CNC(=O)Cc2csc(-c3ccc(C)o3)n2)ccc1OCC1CCCO1. The van der Waals surface area contributed by atoms with Crippen LogP contribution in [-0.2, 0) is 22.5 Å². The van der Waals surface area contributed by atoms with E-state index >= 15 is 0 Å². The Morgan fingerprint density at radius 3 is 2.94 bits per heavy atom. The van der Waals surface area contributed by atoms with Crippen molar-refractivity contribution in [2.45, 2.75) is 38.8 Å². The Balaban J connectivity index is 1.29. The van der Waals surface area contributed by atoms with Crippen molar-refractivity contribution < 1.29 is 23.4 Å². The van der Waals surface area contributed by atoms with Crippen molar-refractivity contribution in [3.05, 3.63) is 52.7 Å². The van der Waals surface area contributed by atoms with Crippen LogP contribution in [0.3, 0.4) is 0 Å². The summed E-state index contributed by atoms with van der Waals surface area (Å²) in [5.74, 6) is 2.79. The van der Waals surface area contributed by atoms with Gasteiger partial charge in [0.2, 0.25) is 5.91 Å². The minimum absolute atomic E-state index is 0.0925. The summed E-state index contributed by atoms with van der Waals surface area (Å²) in [7, 11) is 1.61. The normalized spacial score (nSPS) is 15.7. The number of amides is 1. The Morgan fingerprint density at radius 2 is 2.19 bits per heavy atom. The molecule has 1 unspecified atom stereocenters. The lowest BCUT2D eigenvalue weighted by Crippen LogP contribution is -2.24. The number of ether oxygens (including phenoxy) is 3. The lowest BCUT2D eigenvalue weighted by Gasteiger charge is -2.15. The van der Waals surface area contributed by atoms with E-state index in [0.29, 0.717) is 24.7 Å². The van der Waals surface area contributed by atoms with Crippen LogP contribution in [-0.4, -0.2) is 37.3 Å². The van der Waals surface area contributed by atoms with Crippen LogP contribution in [0.15, 0.2) is 40.1 Å². The van der Waals surface area contributed by atoms with Crippen LogP contribution >= 0.6 is 11.3 Å². The molecule has 2 aromatic heterocycles. The van der Waals surface area contributed by atoms with Gasteiger partial charge >= 0.3 is 0 Å². The van der Waals surface area contributed by atoms with E-state index in [4.69, 9.17) is 18.6 Å². The van der Waals surface area contributed by atoms with E-state index in [1.807, 2.05) is 42.6 Å². The van der Waals surface area contributed by atoms with Crippen LogP contribution in [0, 0.1) is 6.92 Å². The smallest absolute Gasteiger partial charge is 0.226 e. The molecule has 1 N–H and O–H groups in total. The minimum Gasteiger partial charge on any atom is -0.493 e. The zero-order valence-electron chi connectivity index (χ0n) is 17.7. The molecule has 8 heteroatoms. The van der Waals surface area contributed by atoms with Crippen molar-refractivity contribution in [2.75, 3.05) is 20.3 Å². The van der Waals surface area contributed by atoms with Crippen molar-refractivity contribution in [1.29, 1.82) is 0 Å². The van der Waals surface area contributed by atoms with Gasteiger partial charge in [-0.3, -0.25) is 4.79 Å². The van der Waals surface area contributed by atoms with E-state index in [2.05, 4.69) is 10.3 Å². The predicted molar refractivity (Wildman–Crippen MR) is 118 cm³/mol. The van der Waals surface area contributed by atoms with Gasteiger partial charge in [0.1, 0.15) is 12.4 Å². The Hall–Kier alpha value is -2.84. The first-order chi connectivity index (χ1) is 15.1. The number of benzene rings is 1. The number of thiazole rings is 1. The molecule has 1 saturated heterocycles. The molecule has 0 aliphatic carbocycles. The van der Waals surface area contributed by atoms with E-state index in [1.165, 1.54) is 11.3 Å². The summed E-state index contributed by atoms with van der Waals surface area (Å²) in [4.78, 5) is 16.9. The molecule has 1 aliphatic rings. The van der Waals surface area contributed by atoms with Gasteiger partial charge in [-0.2, -0.15) is 0 Å². The van der Waals surface area contributed by atoms with Gasteiger partial charge in [0.25, 0.3) is 0 Å². The van der Waals surface area contributed by atoms with Crippen LogP contribution in [0.5, 0.6) is 11.5 Å². The molecule has 164 valence electrons. The van der Waals surface area contributed by atoms with Crippen molar-refractivity contribution in [3.63, 3.8) is 0 Å². The highest BCUT2D eigenvalue weighted by Gasteiger charge is 2.17. The molecule has 1 amide bonds. The van der Waals surface area contributed by atoms with E-state index in [1.54, 1.807) is 7.11 Å². The molecule has 3 aromatic rings. The van der Waals surface area contributed by atoms with Gasteiger partial charge in [0, 0.05) is 18.5 Å². The van der Waals surface area contributed by atoms with Gasteiger partial charge in [-0.15, -0.1) is 11.3 Å². The summed E-state index contributed by atoms with van der Waals surface area (Å²) in [5.41, 5.74) is 1.65. The van der Waals surface area contributed by atoms with Gasteiger partial charge in [0.15, 0.2) is 22.3 Å². The molecular formula is C23H26N2O5S. The van der Waals surface area contributed by atoms with Crippen molar-refractivity contribution >= 4 is 17.2 Å². The van der Waals surface area contributed by atoms with E-state index < -0.39 is 0 Å². The monoisotopic (exact) mass is 442 g/mol. The van der Waals surface area contributed by atoms with Gasteiger partial charge in [-0.1, -0.05) is 6.07 Å². The molecule has 1 fully saturated rings. The fourth-order valence-electron chi connectivity index (χ4n) is 3.38. The van der Waals surface area contributed by atoms with Gasteiger partial charge < -0.3 is 23.9 Å². The van der Waals surface area contributed by atoms with Crippen LogP contribution < -0.4 is 14.8 Å². The van der Waals surface area contributed by atoms with E-state index in [-0.39, 0.29) is 18.4 Å². The quantitative estimate of drug-likeness (QED) is 0.536. The summed E-state index contributed by atoms with van der Waals surface area (Å²) in [6.07, 6.45) is 2.46. The number of hydrogen-bond donors (Lipinski definition) is 1. The highest BCUT2D eigenvalue weighted by molar-refractivity contribution is 7.13. The fourth-order valence-corrected chi connectivity index (χ4v) is 4.16. The molecule has 1 aromatic carbocycles. The summed E-state index contributed by atoms with van der Waals surface area (Å²) < 4.78 is 22.5. The zero-order valence-corrected chi connectivity index (χ0v) is 18.5. The highest BCUT2D eigenvalue weighted by atomic mass is 32.1. The zero-order chi connectivity index (χ0) is 21.6. The molecule has 4 rings (SSSR count). The van der Waals surface area contributed by atoms with Crippen molar-refractivity contribution in [3.8, 4) is 22.3 Å².